The molecule has 4 aromatic rings. The third kappa shape index (κ3) is 5.09. The van der Waals surface area contributed by atoms with Crippen LogP contribution in [-0.4, -0.2) is 23.4 Å². The Kier molecular flexibility index (Phi) is 6.80. The lowest BCUT2D eigenvalue weighted by atomic mass is 10.0. The number of aromatic nitrogens is 2. The van der Waals surface area contributed by atoms with Crippen LogP contribution in [0.4, 0.5) is 5.82 Å². The molecule has 0 bridgehead atoms. The van der Waals surface area contributed by atoms with Gasteiger partial charge in [-0.15, -0.1) is 0 Å². The molecule has 5 nitrogen and oxygen atoms in total. The number of ether oxygens (including phenoxy) is 2. The van der Waals surface area contributed by atoms with Gasteiger partial charge < -0.3 is 14.8 Å². The van der Waals surface area contributed by atoms with Gasteiger partial charge in [0.25, 0.3) is 0 Å². The molecule has 0 radical (unpaired) electrons. The summed E-state index contributed by atoms with van der Waals surface area (Å²) in [7, 11) is 1.70. The fourth-order valence-electron chi connectivity index (χ4n) is 4.44. The molecule has 0 aliphatic carbocycles. The summed E-state index contributed by atoms with van der Waals surface area (Å²) >= 11 is 0. The maximum absolute atomic E-state index is 5.97. The highest BCUT2D eigenvalue weighted by Gasteiger charge is 2.20. The molecule has 1 aliphatic rings. The van der Waals surface area contributed by atoms with Crippen LogP contribution in [-0.2, 0) is 25.9 Å². The molecule has 3 aromatic carbocycles. The summed E-state index contributed by atoms with van der Waals surface area (Å²) in [5, 5.41) is 8.70. The number of aryl methyl sites for hydroxylation is 2. The van der Waals surface area contributed by atoms with Crippen LogP contribution in [0.5, 0.6) is 11.5 Å². The lowest BCUT2D eigenvalue weighted by Crippen LogP contribution is -2.07. The molecule has 0 saturated carbocycles. The fraction of sp³-hybridized carbons (Fsp3) is 0.276. The average molecular weight is 454 g/mol. The molecule has 5 heteroatoms. The number of hydrogen-bond acceptors (Lipinski definition) is 4. The van der Waals surface area contributed by atoms with E-state index in [0.717, 1.165) is 54.4 Å². The lowest BCUT2D eigenvalue weighted by Gasteiger charge is -2.11. The number of benzene rings is 3. The zero-order chi connectivity index (χ0) is 23.2. The molecule has 1 aliphatic heterocycles. The molecule has 5 rings (SSSR count). The van der Waals surface area contributed by atoms with Gasteiger partial charge in [0, 0.05) is 12.1 Å². The molecule has 2 heterocycles. The molecule has 0 atom stereocenters. The number of nitrogens with one attached hydrogen (secondary N) is 1. The van der Waals surface area contributed by atoms with Gasteiger partial charge in [-0.1, -0.05) is 42.5 Å². The van der Waals surface area contributed by atoms with Crippen molar-refractivity contribution in [3.63, 3.8) is 0 Å². The number of fused-ring (bicyclic) bond motifs is 1. The Labute approximate surface area is 201 Å². The van der Waals surface area contributed by atoms with Gasteiger partial charge in [-0.3, -0.25) is 0 Å². The second-order valence-electron chi connectivity index (χ2n) is 8.69. The molecule has 0 amide bonds. The van der Waals surface area contributed by atoms with Gasteiger partial charge in [0.05, 0.1) is 18.5 Å². The first-order chi connectivity index (χ1) is 16.8. The molecule has 174 valence electrons. The standard InChI is InChI=1S/C29H31N3O2/c1-33-25-15-10-22(11-16-25)12-19-28-27-9-5-6-20-30-29(27)32(31-28)24-13-17-26(18-14-24)34-21-23-7-3-2-4-8-23/h2-4,7-8,10-11,13-18,30H,5-6,9,12,19-21H2,1H3. The first-order valence-electron chi connectivity index (χ1n) is 12.0. The number of hydrogen-bond donors (Lipinski definition) is 1. The molecule has 34 heavy (non-hydrogen) atoms. The Bertz CT molecular complexity index is 1200. The van der Waals surface area contributed by atoms with Crippen molar-refractivity contribution in [3.8, 4) is 17.2 Å². The summed E-state index contributed by atoms with van der Waals surface area (Å²) in [5.74, 6) is 2.89. The Morgan fingerprint density at radius 1 is 0.824 bits per heavy atom. The first-order valence-corrected chi connectivity index (χ1v) is 12.0. The fourth-order valence-corrected chi connectivity index (χ4v) is 4.44. The zero-order valence-corrected chi connectivity index (χ0v) is 19.7. The zero-order valence-electron chi connectivity index (χ0n) is 19.7. The van der Waals surface area contributed by atoms with Crippen LogP contribution in [0.2, 0.25) is 0 Å². The number of methoxy groups -OCH3 is 1. The van der Waals surface area contributed by atoms with Gasteiger partial charge in [0.1, 0.15) is 23.9 Å². The van der Waals surface area contributed by atoms with Crippen molar-refractivity contribution < 1.29 is 9.47 Å². The van der Waals surface area contributed by atoms with Crippen molar-refractivity contribution in [2.75, 3.05) is 19.0 Å². The molecular weight excluding hydrogens is 422 g/mol. The van der Waals surface area contributed by atoms with E-state index in [4.69, 9.17) is 14.6 Å². The largest absolute Gasteiger partial charge is 0.497 e. The predicted molar refractivity (Wildman–Crippen MR) is 136 cm³/mol. The average Bonchev–Trinajstić information content (AvgIpc) is 3.06. The minimum atomic E-state index is 0.564. The van der Waals surface area contributed by atoms with E-state index in [9.17, 15) is 0 Å². The highest BCUT2D eigenvalue weighted by Crippen LogP contribution is 2.30. The van der Waals surface area contributed by atoms with E-state index >= 15 is 0 Å². The molecule has 0 spiro atoms. The third-order valence-corrected chi connectivity index (χ3v) is 6.35. The monoisotopic (exact) mass is 453 g/mol. The summed E-state index contributed by atoms with van der Waals surface area (Å²) in [6.45, 7) is 1.54. The summed E-state index contributed by atoms with van der Waals surface area (Å²) in [6, 6.07) is 26.8. The SMILES string of the molecule is COc1ccc(CCc2nn(-c3ccc(OCc4ccccc4)cc3)c3c2CCCCN3)cc1. The van der Waals surface area contributed by atoms with Crippen molar-refractivity contribution in [3.05, 3.63) is 101 Å². The highest BCUT2D eigenvalue weighted by molar-refractivity contribution is 5.55. The van der Waals surface area contributed by atoms with Gasteiger partial charge in [0.15, 0.2) is 0 Å². The van der Waals surface area contributed by atoms with E-state index in [0.29, 0.717) is 6.61 Å². The van der Waals surface area contributed by atoms with Crippen molar-refractivity contribution in [2.45, 2.75) is 38.7 Å². The van der Waals surface area contributed by atoms with Crippen LogP contribution in [0.15, 0.2) is 78.9 Å². The first kappa shape index (κ1) is 22.1. The Hall–Kier alpha value is -3.73. The highest BCUT2D eigenvalue weighted by atomic mass is 16.5. The van der Waals surface area contributed by atoms with E-state index in [2.05, 4.69) is 46.4 Å². The van der Waals surface area contributed by atoms with Gasteiger partial charge in [0.2, 0.25) is 0 Å². The smallest absolute Gasteiger partial charge is 0.133 e. The van der Waals surface area contributed by atoms with Gasteiger partial charge in [-0.25, -0.2) is 4.68 Å². The molecule has 0 unspecified atom stereocenters. The molecule has 0 saturated heterocycles. The topological polar surface area (TPSA) is 48.3 Å². The predicted octanol–water partition coefficient (Wildman–Crippen LogP) is 5.99. The van der Waals surface area contributed by atoms with Crippen LogP contribution in [0.25, 0.3) is 5.69 Å². The van der Waals surface area contributed by atoms with Crippen LogP contribution < -0.4 is 14.8 Å². The normalized spacial score (nSPS) is 13.0. The van der Waals surface area contributed by atoms with E-state index < -0.39 is 0 Å². The van der Waals surface area contributed by atoms with Crippen LogP contribution in [0.1, 0.15) is 35.2 Å². The maximum atomic E-state index is 5.97. The molecule has 0 fully saturated rings. The number of rotatable bonds is 8. The Morgan fingerprint density at radius 3 is 2.35 bits per heavy atom. The quantitative estimate of drug-likeness (QED) is 0.356. The second-order valence-corrected chi connectivity index (χ2v) is 8.69. The van der Waals surface area contributed by atoms with Gasteiger partial charge in [-0.2, -0.15) is 5.10 Å². The van der Waals surface area contributed by atoms with Crippen LogP contribution in [0.3, 0.4) is 0 Å². The van der Waals surface area contributed by atoms with Crippen molar-refractivity contribution >= 4 is 5.82 Å². The molecule has 1 N–H and O–H groups in total. The molecule has 1 aromatic heterocycles. The second kappa shape index (κ2) is 10.5. The van der Waals surface area contributed by atoms with Crippen LogP contribution >= 0.6 is 0 Å². The summed E-state index contributed by atoms with van der Waals surface area (Å²) in [4.78, 5) is 0. The third-order valence-electron chi connectivity index (χ3n) is 6.35. The van der Waals surface area contributed by atoms with Gasteiger partial charge >= 0.3 is 0 Å². The van der Waals surface area contributed by atoms with Crippen molar-refractivity contribution in [1.82, 2.24) is 9.78 Å². The van der Waals surface area contributed by atoms with Gasteiger partial charge in [-0.05, 0) is 79.6 Å². The van der Waals surface area contributed by atoms with Crippen LogP contribution in [0, 0.1) is 0 Å². The lowest BCUT2D eigenvalue weighted by molar-refractivity contribution is 0.306. The maximum Gasteiger partial charge on any atom is 0.133 e. The van der Waals surface area contributed by atoms with E-state index in [1.54, 1.807) is 7.11 Å². The minimum Gasteiger partial charge on any atom is -0.497 e. The number of anilines is 1. The minimum absolute atomic E-state index is 0.564. The summed E-state index contributed by atoms with van der Waals surface area (Å²) in [6.07, 6.45) is 5.31. The number of nitrogens with zero attached hydrogens (tertiary/aromatic N) is 2. The summed E-state index contributed by atoms with van der Waals surface area (Å²) in [5.41, 5.74) is 6.05. The van der Waals surface area contributed by atoms with E-state index in [1.165, 1.54) is 29.7 Å². The van der Waals surface area contributed by atoms with Crippen molar-refractivity contribution in [2.24, 2.45) is 0 Å². The van der Waals surface area contributed by atoms with E-state index in [-0.39, 0.29) is 0 Å². The Morgan fingerprint density at radius 2 is 1.59 bits per heavy atom. The molecular formula is C29H31N3O2. The van der Waals surface area contributed by atoms with E-state index in [1.807, 2.05) is 42.5 Å². The van der Waals surface area contributed by atoms with Crippen molar-refractivity contribution in [1.29, 1.82) is 0 Å². The summed E-state index contributed by atoms with van der Waals surface area (Å²) < 4.78 is 13.3. The Balaban J connectivity index is 1.34.